The number of nitriles is 2. The number of benzene rings is 1. The number of rotatable bonds is 1. The second-order valence-electron chi connectivity index (χ2n) is 4.45. The molecule has 1 aliphatic rings. The van der Waals surface area contributed by atoms with E-state index in [-0.39, 0.29) is 5.41 Å². The molecule has 1 aromatic carbocycles. The Balaban J connectivity index is 2.42. The van der Waals surface area contributed by atoms with Crippen LogP contribution in [0.5, 0.6) is 0 Å². The van der Waals surface area contributed by atoms with E-state index in [2.05, 4.69) is 12.1 Å². The average molecular weight is 242 g/mol. The Kier molecular flexibility index (Phi) is 3.41. The molecule has 0 radical (unpaired) electrons. The van der Waals surface area contributed by atoms with E-state index in [9.17, 15) is 5.26 Å². The SMILES string of the molecule is Cc1cc(C2(C#N)CCSCC2)ccc1C#N. The van der Waals surface area contributed by atoms with Crippen molar-refractivity contribution in [3.8, 4) is 12.1 Å². The Labute approximate surface area is 106 Å². The van der Waals surface area contributed by atoms with Gasteiger partial charge in [0.2, 0.25) is 0 Å². The molecule has 1 fully saturated rings. The Hall–Kier alpha value is -1.45. The first-order chi connectivity index (χ1) is 8.22. The predicted octanol–water partition coefficient (Wildman–Crippen LogP) is 3.16. The van der Waals surface area contributed by atoms with Crippen LogP contribution in [0.25, 0.3) is 0 Å². The van der Waals surface area contributed by atoms with Crippen molar-refractivity contribution in [3.05, 3.63) is 34.9 Å². The fraction of sp³-hybridized carbons (Fsp3) is 0.429. The van der Waals surface area contributed by atoms with E-state index < -0.39 is 0 Å². The molecule has 0 amide bonds. The zero-order valence-corrected chi connectivity index (χ0v) is 10.7. The molecule has 0 bridgehead atoms. The van der Waals surface area contributed by atoms with Gasteiger partial charge in [-0.2, -0.15) is 22.3 Å². The summed E-state index contributed by atoms with van der Waals surface area (Å²) in [6, 6.07) is 10.5. The van der Waals surface area contributed by atoms with Gasteiger partial charge < -0.3 is 0 Å². The second kappa shape index (κ2) is 4.82. The molecule has 1 saturated heterocycles. The molecule has 1 aliphatic heterocycles. The Bertz CT molecular complexity index is 502. The molecule has 0 saturated carbocycles. The van der Waals surface area contributed by atoms with Gasteiger partial charge in [0.15, 0.2) is 0 Å². The highest BCUT2D eigenvalue weighted by atomic mass is 32.2. The van der Waals surface area contributed by atoms with Crippen molar-refractivity contribution in [1.82, 2.24) is 0 Å². The molecule has 3 heteroatoms. The minimum Gasteiger partial charge on any atom is -0.197 e. The quantitative estimate of drug-likeness (QED) is 0.760. The number of hydrogen-bond acceptors (Lipinski definition) is 3. The smallest absolute Gasteiger partial charge is 0.0994 e. The molecule has 2 nitrogen and oxygen atoms in total. The van der Waals surface area contributed by atoms with Crippen LogP contribution < -0.4 is 0 Å². The summed E-state index contributed by atoms with van der Waals surface area (Å²) in [7, 11) is 0. The third-order valence-electron chi connectivity index (χ3n) is 3.46. The Morgan fingerprint density at radius 2 is 1.94 bits per heavy atom. The minimum atomic E-state index is -0.329. The van der Waals surface area contributed by atoms with Crippen LogP contribution in [0, 0.1) is 29.6 Å². The summed E-state index contributed by atoms with van der Waals surface area (Å²) in [6.45, 7) is 1.94. The molecule has 1 heterocycles. The summed E-state index contributed by atoms with van der Waals surface area (Å²) in [5.41, 5.74) is 2.42. The molecule has 0 spiro atoms. The molecule has 17 heavy (non-hydrogen) atoms. The van der Waals surface area contributed by atoms with Crippen LogP contribution in [-0.4, -0.2) is 11.5 Å². The van der Waals surface area contributed by atoms with Crippen molar-refractivity contribution >= 4 is 11.8 Å². The first-order valence-corrected chi connectivity index (χ1v) is 6.87. The number of thioether (sulfide) groups is 1. The van der Waals surface area contributed by atoms with Gasteiger partial charge in [-0.1, -0.05) is 12.1 Å². The lowest BCUT2D eigenvalue weighted by Gasteiger charge is -2.31. The Morgan fingerprint density at radius 1 is 1.24 bits per heavy atom. The zero-order chi connectivity index (χ0) is 12.3. The molecule has 2 rings (SSSR count). The summed E-state index contributed by atoms with van der Waals surface area (Å²) in [4.78, 5) is 0. The van der Waals surface area contributed by atoms with Gasteiger partial charge in [0.25, 0.3) is 0 Å². The summed E-state index contributed by atoms with van der Waals surface area (Å²) < 4.78 is 0. The normalized spacial score (nSPS) is 18.1. The summed E-state index contributed by atoms with van der Waals surface area (Å²) in [6.07, 6.45) is 1.83. The maximum absolute atomic E-state index is 9.49. The van der Waals surface area contributed by atoms with Crippen LogP contribution >= 0.6 is 11.8 Å². The van der Waals surface area contributed by atoms with Crippen LogP contribution in [0.4, 0.5) is 0 Å². The van der Waals surface area contributed by atoms with Crippen LogP contribution in [0.3, 0.4) is 0 Å². The monoisotopic (exact) mass is 242 g/mol. The van der Waals surface area contributed by atoms with Gasteiger partial charge in [0.1, 0.15) is 0 Å². The maximum Gasteiger partial charge on any atom is 0.0994 e. The van der Waals surface area contributed by atoms with Crippen molar-refractivity contribution in [2.75, 3.05) is 11.5 Å². The fourth-order valence-electron chi connectivity index (χ4n) is 2.27. The molecule has 0 unspecified atom stereocenters. The number of nitrogens with zero attached hydrogens (tertiary/aromatic N) is 2. The molecular formula is C14H14N2S. The molecule has 0 N–H and O–H groups in total. The zero-order valence-electron chi connectivity index (χ0n) is 9.86. The van der Waals surface area contributed by atoms with Crippen molar-refractivity contribution < 1.29 is 0 Å². The molecular weight excluding hydrogens is 228 g/mol. The van der Waals surface area contributed by atoms with E-state index in [1.165, 1.54) is 0 Å². The van der Waals surface area contributed by atoms with Crippen LogP contribution in [0.1, 0.15) is 29.5 Å². The summed E-state index contributed by atoms with van der Waals surface area (Å²) in [5, 5.41) is 18.4. The molecule has 0 aromatic heterocycles. The second-order valence-corrected chi connectivity index (χ2v) is 5.67. The lowest BCUT2D eigenvalue weighted by atomic mass is 9.76. The van der Waals surface area contributed by atoms with Crippen molar-refractivity contribution in [2.24, 2.45) is 0 Å². The minimum absolute atomic E-state index is 0.329. The van der Waals surface area contributed by atoms with E-state index in [0.29, 0.717) is 5.56 Å². The van der Waals surface area contributed by atoms with Gasteiger partial charge in [0, 0.05) is 0 Å². The molecule has 1 aromatic rings. The lowest BCUT2D eigenvalue weighted by molar-refractivity contribution is 0.507. The first-order valence-electron chi connectivity index (χ1n) is 5.72. The van der Waals surface area contributed by atoms with E-state index in [0.717, 1.165) is 35.5 Å². The third kappa shape index (κ3) is 2.16. The number of hydrogen-bond donors (Lipinski definition) is 0. The van der Waals surface area contributed by atoms with E-state index in [4.69, 9.17) is 5.26 Å². The van der Waals surface area contributed by atoms with E-state index in [1.54, 1.807) is 0 Å². The fourth-order valence-corrected chi connectivity index (χ4v) is 3.46. The summed E-state index contributed by atoms with van der Waals surface area (Å²) in [5.74, 6) is 2.10. The highest BCUT2D eigenvalue weighted by molar-refractivity contribution is 7.99. The van der Waals surface area contributed by atoms with Gasteiger partial charge >= 0.3 is 0 Å². The van der Waals surface area contributed by atoms with Gasteiger partial charge in [-0.05, 0) is 48.5 Å². The molecule has 86 valence electrons. The standard InChI is InChI=1S/C14H14N2S/c1-11-8-13(3-2-12(11)9-15)14(10-16)4-6-17-7-5-14/h2-3,8H,4-7H2,1H3. The van der Waals surface area contributed by atoms with E-state index in [1.807, 2.05) is 36.9 Å². The molecule has 0 aliphatic carbocycles. The predicted molar refractivity (Wildman–Crippen MR) is 69.7 cm³/mol. The van der Waals surface area contributed by atoms with Crippen molar-refractivity contribution in [1.29, 1.82) is 10.5 Å². The van der Waals surface area contributed by atoms with Crippen molar-refractivity contribution in [3.63, 3.8) is 0 Å². The first kappa shape index (κ1) is 12.0. The van der Waals surface area contributed by atoms with E-state index >= 15 is 0 Å². The lowest BCUT2D eigenvalue weighted by Crippen LogP contribution is -2.29. The van der Waals surface area contributed by atoms with Gasteiger partial charge in [-0.25, -0.2) is 0 Å². The van der Waals surface area contributed by atoms with Crippen molar-refractivity contribution in [2.45, 2.75) is 25.2 Å². The van der Waals surface area contributed by atoms with Gasteiger partial charge in [-0.15, -0.1) is 0 Å². The van der Waals surface area contributed by atoms with Crippen LogP contribution in [0.15, 0.2) is 18.2 Å². The largest absolute Gasteiger partial charge is 0.197 e. The third-order valence-corrected chi connectivity index (χ3v) is 4.45. The highest BCUT2D eigenvalue weighted by Crippen LogP contribution is 2.38. The van der Waals surface area contributed by atoms with Gasteiger partial charge in [0.05, 0.1) is 23.1 Å². The van der Waals surface area contributed by atoms with Crippen LogP contribution in [-0.2, 0) is 5.41 Å². The Morgan fingerprint density at radius 3 is 2.47 bits per heavy atom. The summed E-state index contributed by atoms with van der Waals surface area (Å²) >= 11 is 1.92. The number of aryl methyl sites for hydroxylation is 1. The topological polar surface area (TPSA) is 47.6 Å². The van der Waals surface area contributed by atoms with Gasteiger partial charge in [-0.3, -0.25) is 0 Å². The highest BCUT2D eigenvalue weighted by Gasteiger charge is 2.34. The van der Waals surface area contributed by atoms with Crippen LogP contribution in [0.2, 0.25) is 0 Å². The average Bonchev–Trinajstić information content (AvgIpc) is 2.39. The molecule has 0 atom stereocenters. The maximum atomic E-state index is 9.49.